The second-order valence-electron chi connectivity index (χ2n) is 7.48. The highest BCUT2D eigenvalue weighted by Gasteiger charge is 2.26. The Morgan fingerprint density at radius 1 is 1.25 bits per heavy atom. The molecule has 148 valence electrons. The normalized spacial score (nSPS) is 14.8. The Hall–Kier alpha value is -2.82. The van der Waals surface area contributed by atoms with Gasteiger partial charge in [0, 0.05) is 30.1 Å². The highest BCUT2D eigenvalue weighted by molar-refractivity contribution is 5.89. The lowest BCUT2D eigenvalue weighted by atomic mass is 10.0. The van der Waals surface area contributed by atoms with Crippen LogP contribution in [0.15, 0.2) is 42.5 Å². The first-order chi connectivity index (χ1) is 13.5. The molecule has 0 bridgehead atoms. The Balaban J connectivity index is 1.43. The Morgan fingerprint density at radius 3 is 2.64 bits per heavy atom. The second kappa shape index (κ2) is 8.91. The molecule has 1 N–H and O–H groups in total. The van der Waals surface area contributed by atoms with Crippen LogP contribution in [0.25, 0.3) is 6.08 Å². The molecule has 0 saturated heterocycles. The van der Waals surface area contributed by atoms with E-state index in [9.17, 15) is 9.59 Å². The molecule has 2 aromatic rings. The van der Waals surface area contributed by atoms with Crippen molar-refractivity contribution >= 4 is 18.0 Å². The summed E-state index contributed by atoms with van der Waals surface area (Å²) in [7, 11) is 0. The number of carbonyl (C=O) groups excluding carboxylic acids is 2. The van der Waals surface area contributed by atoms with Crippen LogP contribution < -0.4 is 5.32 Å². The summed E-state index contributed by atoms with van der Waals surface area (Å²) in [5.41, 5.74) is 4.55. The van der Waals surface area contributed by atoms with Gasteiger partial charge in [-0.05, 0) is 55.9 Å². The molecule has 28 heavy (non-hydrogen) atoms. The van der Waals surface area contributed by atoms with Gasteiger partial charge in [0.25, 0.3) is 5.91 Å². The summed E-state index contributed by atoms with van der Waals surface area (Å²) in [6, 6.07) is 12.7. The predicted octanol–water partition coefficient (Wildman–Crippen LogP) is 3.92. The first kappa shape index (κ1) is 19.9. The predicted molar refractivity (Wildman–Crippen MR) is 110 cm³/mol. The minimum atomic E-state index is -0.512. The van der Waals surface area contributed by atoms with E-state index >= 15 is 0 Å². The smallest absolute Gasteiger partial charge is 0.331 e. The van der Waals surface area contributed by atoms with Crippen molar-refractivity contribution in [3.63, 3.8) is 0 Å². The Labute approximate surface area is 166 Å². The summed E-state index contributed by atoms with van der Waals surface area (Å²) >= 11 is 0. The van der Waals surface area contributed by atoms with E-state index in [1.54, 1.807) is 6.08 Å². The van der Waals surface area contributed by atoms with Gasteiger partial charge in [0.15, 0.2) is 6.61 Å². The monoisotopic (exact) mass is 380 g/mol. The van der Waals surface area contributed by atoms with Gasteiger partial charge in [-0.15, -0.1) is 0 Å². The number of aryl methyl sites for hydroxylation is 1. The topological polar surface area (TPSA) is 60.3 Å². The largest absolute Gasteiger partial charge is 0.452 e. The summed E-state index contributed by atoms with van der Waals surface area (Å²) < 4.78 is 7.38. The van der Waals surface area contributed by atoms with E-state index in [0.717, 1.165) is 16.8 Å². The summed E-state index contributed by atoms with van der Waals surface area (Å²) in [5.74, 6) is -0.610. The average Bonchev–Trinajstić information content (AvgIpc) is 3.48. The first-order valence-electron chi connectivity index (χ1n) is 9.80. The molecule has 1 atom stereocenters. The molecule has 1 aliphatic rings. The molecule has 1 aliphatic carbocycles. The number of hydrogen-bond donors (Lipinski definition) is 1. The summed E-state index contributed by atoms with van der Waals surface area (Å²) in [4.78, 5) is 23.9. The third-order valence-electron chi connectivity index (χ3n) is 5.15. The number of aromatic nitrogens is 1. The van der Waals surface area contributed by atoms with Crippen LogP contribution in [0, 0.1) is 13.8 Å². The maximum Gasteiger partial charge on any atom is 0.331 e. The molecule has 1 aromatic carbocycles. The number of amides is 1. The van der Waals surface area contributed by atoms with Gasteiger partial charge in [0.05, 0.1) is 0 Å². The first-order valence-corrected chi connectivity index (χ1v) is 9.80. The molecule has 1 fully saturated rings. The van der Waals surface area contributed by atoms with Crippen LogP contribution in [-0.2, 0) is 14.3 Å². The van der Waals surface area contributed by atoms with Gasteiger partial charge in [-0.25, -0.2) is 4.79 Å². The quantitative estimate of drug-likeness (QED) is 0.558. The fraction of sp³-hybridized carbons (Fsp3) is 0.391. The van der Waals surface area contributed by atoms with Crippen LogP contribution in [0.1, 0.15) is 54.2 Å². The Kier molecular flexibility index (Phi) is 6.34. The van der Waals surface area contributed by atoms with E-state index in [2.05, 4.69) is 29.8 Å². The van der Waals surface area contributed by atoms with Crippen molar-refractivity contribution in [2.75, 3.05) is 13.2 Å². The maximum absolute atomic E-state index is 11.9. The van der Waals surface area contributed by atoms with E-state index in [0.29, 0.717) is 12.6 Å². The molecule has 1 saturated carbocycles. The molecule has 1 amide bonds. The zero-order chi connectivity index (χ0) is 20.1. The standard InChI is InChI=1S/C23H28N2O3/c1-16(19-7-5-4-6-8-19)14-24-22(26)15-28-23(27)12-9-20-13-17(2)25(18(20)3)21-10-11-21/h4-9,12-13,16,21H,10-11,14-15H2,1-3H3,(H,24,26)/b12-9+/t16-/m0/s1. The van der Waals surface area contributed by atoms with E-state index in [4.69, 9.17) is 4.74 Å². The second-order valence-corrected chi connectivity index (χ2v) is 7.48. The molecule has 1 heterocycles. The van der Waals surface area contributed by atoms with Crippen molar-refractivity contribution in [2.45, 2.75) is 45.6 Å². The van der Waals surface area contributed by atoms with Crippen LogP contribution in [0.2, 0.25) is 0 Å². The third kappa shape index (κ3) is 5.12. The van der Waals surface area contributed by atoms with Gasteiger partial charge in [-0.1, -0.05) is 37.3 Å². The molecule has 0 unspecified atom stereocenters. The fourth-order valence-electron chi connectivity index (χ4n) is 3.43. The van der Waals surface area contributed by atoms with Crippen molar-refractivity contribution in [1.29, 1.82) is 0 Å². The Bertz CT molecular complexity index is 863. The van der Waals surface area contributed by atoms with Gasteiger partial charge in [-0.2, -0.15) is 0 Å². The molecule has 0 spiro atoms. The zero-order valence-corrected chi connectivity index (χ0v) is 16.8. The molecule has 3 rings (SSSR count). The van der Waals surface area contributed by atoms with Crippen LogP contribution in [-0.4, -0.2) is 29.6 Å². The van der Waals surface area contributed by atoms with E-state index < -0.39 is 5.97 Å². The number of nitrogens with one attached hydrogen (secondary N) is 1. The van der Waals surface area contributed by atoms with Gasteiger partial charge < -0.3 is 14.6 Å². The highest BCUT2D eigenvalue weighted by atomic mass is 16.5. The number of esters is 1. The molecular weight excluding hydrogens is 352 g/mol. The molecule has 5 nitrogen and oxygen atoms in total. The number of hydrogen-bond acceptors (Lipinski definition) is 3. The summed E-state index contributed by atoms with van der Waals surface area (Å²) in [6.45, 7) is 6.43. The lowest BCUT2D eigenvalue weighted by Crippen LogP contribution is -2.31. The van der Waals surface area contributed by atoms with Crippen molar-refractivity contribution in [1.82, 2.24) is 9.88 Å². The van der Waals surface area contributed by atoms with Gasteiger partial charge >= 0.3 is 5.97 Å². The third-order valence-corrected chi connectivity index (χ3v) is 5.15. The number of ether oxygens (including phenoxy) is 1. The fourth-order valence-corrected chi connectivity index (χ4v) is 3.43. The number of benzene rings is 1. The lowest BCUT2D eigenvalue weighted by molar-refractivity contribution is -0.143. The van der Waals surface area contributed by atoms with Crippen LogP contribution in [0.3, 0.4) is 0 Å². The van der Waals surface area contributed by atoms with Crippen molar-refractivity contribution in [3.05, 3.63) is 65.0 Å². The maximum atomic E-state index is 11.9. The highest BCUT2D eigenvalue weighted by Crippen LogP contribution is 2.38. The lowest BCUT2D eigenvalue weighted by Gasteiger charge is -2.12. The van der Waals surface area contributed by atoms with Gasteiger partial charge in [-0.3, -0.25) is 4.79 Å². The minimum Gasteiger partial charge on any atom is -0.452 e. The molecular formula is C23H28N2O3. The van der Waals surface area contributed by atoms with Crippen LogP contribution in [0.4, 0.5) is 0 Å². The van der Waals surface area contributed by atoms with Crippen molar-refractivity contribution in [2.24, 2.45) is 0 Å². The van der Waals surface area contributed by atoms with Crippen molar-refractivity contribution in [3.8, 4) is 0 Å². The van der Waals surface area contributed by atoms with Crippen LogP contribution in [0.5, 0.6) is 0 Å². The average molecular weight is 380 g/mol. The molecule has 0 radical (unpaired) electrons. The van der Waals surface area contributed by atoms with Gasteiger partial charge in [0.1, 0.15) is 0 Å². The molecule has 1 aromatic heterocycles. The van der Waals surface area contributed by atoms with E-state index in [1.807, 2.05) is 37.3 Å². The minimum absolute atomic E-state index is 0.197. The van der Waals surface area contributed by atoms with Crippen molar-refractivity contribution < 1.29 is 14.3 Å². The van der Waals surface area contributed by atoms with E-state index in [1.165, 1.54) is 24.6 Å². The number of carbonyl (C=O) groups is 2. The van der Waals surface area contributed by atoms with Crippen LogP contribution >= 0.6 is 0 Å². The molecule has 0 aliphatic heterocycles. The number of nitrogens with zero attached hydrogens (tertiary/aromatic N) is 1. The number of rotatable bonds is 8. The molecule has 5 heteroatoms. The van der Waals surface area contributed by atoms with Gasteiger partial charge in [0.2, 0.25) is 0 Å². The van der Waals surface area contributed by atoms with E-state index in [-0.39, 0.29) is 18.4 Å². The zero-order valence-electron chi connectivity index (χ0n) is 16.8. The summed E-state index contributed by atoms with van der Waals surface area (Å²) in [6.07, 6.45) is 5.59. The SMILES string of the molecule is Cc1cc(/C=C/C(=O)OCC(=O)NC[C@H](C)c2ccccc2)c(C)n1C1CC1. The summed E-state index contributed by atoms with van der Waals surface area (Å²) in [5, 5.41) is 2.81. The Morgan fingerprint density at radius 2 is 1.96 bits per heavy atom.